The summed E-state index contributed by atoms with van der Waals surface area (Å²) in [6, 6.07) is 0. The third kappa shape index (κ3) is 4.73. The fraction of sp³-hybridized carbons (Fsp3) is 0.545. The van der Waals surface area contributed by atoms with E-state index in [1.165, 1.54) is 10.8 Å². The highest BCUT2D eigenvalue weighted by atomic mass is 19.4. The zero-order valence-electron chi connectivity index (χ0n) is 19.8. The molecule has 3 aromatic heterocycles. The van der Waals surface area contributed by atoms with Gasteiger partial charge in [-0.15, -0.1) is 0 Å². The van der Waals surface area contributed by atoms with Gasteiger partial charge < -0.3 is 9.80 Å². The summed E-state index contributed by atoms with van der Waals surface area (Å²) in [5.74, 6) is -0.992. The molecule has 0 bridgehead atoms. The van der Waals surface area contributed by atoms with Crippen LogP contribution in [0.5, 0.6) is 0 Å². The fourth-order valence-electron chi connectivity index (χ4n) is 5.08. The van der Waals surface area contributed by atoms with E-state index in [4.69, 9.17) is 0 Å². The Morgan fingerprint density at radius 1 is 1.08 bits per heavy atom. The second-order valence-electron chi connectivity index (χ2n) is 9.56. The summed E-state index contributed by atoms with van der Waals surface area (Å²) >= 11 is 0. The van der Waals surface area contributed by atoms with Crippen LogP contribution >= 0.6 is 0 Å². The Kier molecular flexibility index (Phi) is 6.10. The van der Waals surface area contributed by atoms with Gasteiger partial charge in [-0.3, -0.25) is 14.2 Å². The van der Waals surface area contributed by atoms with Gasteiger partial charge in [0.15, 0.2) is 5.65 Å². The molecule has 37 heavy (non-hydrogen) atoms. The van der Waals surface area contributed by atoms with Gasteiger partial charge >= 0.3 is 6.18 Å². The molecule has 0 N–H and O–H groups in total. The Labute approximate surface area is 206 Å². The summed E-state index contributed by atoms with van der Waals surface area (Å²) in [5.41, 5.74) is -0.203. The van der Waals surface area contributed by atoms with Gasteiger partial charge in [0, 0.05) is 63.0 Å². The minimum Gasteiger partial charge on any atom is -0.342 e. The molecule has 0 aromatic carbocycles. The van der Waals surface area contributed by atoms with E-state index in [2.05, 4.69) is 20.1 Å². The van der Waals surface area contributed by atoms with Crippen LogP contribution in [0.2, 0.25) is 0 Å². The van der Waals surface area contributed by atoms with Gasteiger partial charge in [-0.1, -0.05) is 0 Å². The monoisotopic (exact) mass is 526 g/mol. The lowest BCUT2D eigenvalue weighted by Gasteiger charge is -2.39. The first-order valence-corrected chi connectivity index (χ1v) is 11.6. The van der Waals surface area contributed by atoms with Crippen LogP contribution in [-0.2, 0) is 31.1 Å². The Morgan fingerprint density at radius 2 is 1.76 bits per heavy atom. The van der Waals surface area contributed by atoms with Crippen molar-refractivity contribution in [2.75, 3.05) is 24.5 Å². The Morgan fingerprint density at radius 3 is 2.38 bits per heavy atom. The van der Waals surface area contributed by atoms with Crippen LogP contribution in [0.1, 0.15) is 30.7 Å². The van der Waals surface area contributed by atoms with Crippen molar-refractivity contribution < 1.29 is 26.7 Å². The van der Waals surface area contributed by atoms with Crippen molar-refractivity contribution >= 4 is 22.9 Å². The van der Waals surface area contributed by atoms with Gasteiger partial charge in [-0.25, -0.2) is 23.4 Å². The minimum absolute atomic E-state index is 0.0969. The number of piperidine rings is 1. The second kappa shape index (κ2) is 9.03. The first-order valence-electron chi connectivity index (χ1n) is 11.6. The smallest absolute Gasteiger partial charge is 0.342 e. The molecule has 2 fully saturated rings. The molecular formula is C22H23F5N8O2. The molecule has 1 spiro atoms. The average molecular weight is 526 g/mol. The normalized spacial score (nSPS) is 18.1. The van der Waals surface area contributed by atoms with Crippen LogP contribution in [0.15, 0.2) is 23.4 Å². The van der Waals surface area contributed by atoms with E-state index < -0.39 is 25.0 Å². The fourth-order valence-corrected chi connectivity index (χ4v) is 5.08. The molecule has 0 saturated carbocycles. The maximum atomic E-state index is 12.9. The van der Waals surface area contributed by atoms with Gasteiger partial charge in [-0.05, 0) is 12.8 Å². The van der Waals surface area contributed by atoms with E-state index in [0.717, 1.165) is 17.1 Å². The number of carbonyl (C=O) groups excluding carboxylic acids is 1. The Hall–Kier alpha value is -3.65. The van der Waals surface area contributed by atoms with E-state index >= 15 is 0 Å². The Bertz CT molecular complexity index is 1380. The number of likely N-dealkylation sites (tertiary alicyclic amines) is 1. The van der Waals surface area contributed by atoms with Crippen LogP contribution in [0, 0.1) is 5.41 Å². The number of aromatic nitrogens is 6. The Balaban J connectivity index is 1.29. The molecule has 5 rings (SSSR count). The molecular weight excluding hydrogens is 503 g/mol. The van der Waals surface area contributed by atoms with Crippen molar-refractivity contribution in [3.63, 3.8) is 0 Å². The average Bonchev–Trinajstić information content (AvgIpc) is 3.36. The lowest BCUT2D eigenvalue weighted by Crippen LogP contribution is -2.43. The maximum Gasteiger partial charge on any atom is 0.451 e. The molecule has 0 unspecified atom stereocenters. The van der Waals surface area contributed by atoms with Gasteiger partial charge in [0.2, 0.25) is 17.7 Å². The highest BCUT2D eigenvalue weighted by Gasteiger charge is 2.45. The van der Waals surface area contributed by atoms with Crippen molar-refractivity contribution in [3.8, 4) is 0 Å². The molecule has 0 radical (unpaired) electrons. The number of rotatable bonds is 5. The number of hydrogen-bond donors (Lipinski definition) is 0. The molecule has 0 aliphatic carbocycles. The van der Waals surface area contributed by atoms with Crippen molar-refractivity contribution in [2.24, 2.45) is 12.5 Å². The van der Waals surface area contributed by atoms with Crippen LogP contribution < -0.4 is 10.5 Å². The molecule has 2 aliphatic heterocycles. The van der Waals surface area contributed by atoms with E-state index in [-0.39, 0.29) is 34.5 Å². The predicted octanol–water partition coefficient (Wildman–Crippen LogP) is 2.22. The number of amides is 1. The maximum absolute atomic E-state index is 12.9. The first kappa shape index (κ1) is 25.0. The van der Waals surface area contributed by atoms with E-state index in [1.807, 2.05) is 4.90 Å². The van der Waals surface area contributed by atoms with Crippen molar-refractivity contribution in [2.45, 2.75) is 45.0 Å². The van der Waals surface area contributed by atoms with Gasteiger partial charge in [-0.2, -0.15) is 23.3 Å². The lowest BCUT2D eigenvalue weighted by molar-refractivity contribution is -0.145. The van der Waals surface area contributed by atoms with Gasteiger partial charge in [0.1, 0.15) is 11.9 Å². The summed E-state index contributed by atoms with van der Waals surface area (Å²) in [6.07, 6.45) is -2.35. The molecule has 0 atom stereocenters. The van der Waals surface area contributed by atoms with E-state index in [9.17, 15) is 31.5 Å². The third-order valence-corrected chi connectivity index (χ3v) is 7.01. The number of anilines is 1. The topological polar surface area (TPSA) is 102 Å². The quantitative estimate of drug-likeness (QED) is 0.470. The molecule has 2 aliphatic rings. The highest BCUT2D eigenvalue weighted by Crippen LogP contribution is 2.42. The number of halogens is 5. The van der Waals surface area contributed by atoms with Crippen LogP contribution in [0.4, 0.5) is 27.9 Å². The van der Waals surface area contributed by atoms with E-state index in [0.29, 0.717) is 50.4 Å². The summed E-state index contributed by atoms with van der Waals surface area (Å²) in [4.78, 5) is 40.2. The molecule has 3 aromatic rings. The standard InChI is InChI=1S/C22H23F5N8O2/c1-32-18(37)14-9-30-35(11-15(23)24)17(14)31-20(32)33-4-2-21(3-5-33)6-16(36)34(12-21)10-13-7-28-19(29-8-13)22(25,26)27/h7-9,15H,2-6,10-12H2,1H3. The van der Waals surface area contributed by atoms with Crippen LogP contribution in [-0.4, -0.2) is 66.2 Å². The molecule has 1 amide bonds. The molecule has 198 valence electrons. The van der Waals surface area contributed by atoms with Crippen LogP contribution in [0.3, 0.4) is 0 Å². The SMILES string of the molecule is Cn1c(N2CCC3(CC2)CC(=O)N(Cc2cnc(C(F)(F)F)nc2)C3)nc2c(cnn2CC(F)F)c1=O. The number of fused-ring (bicyclic) bond motifs is 1. The zero-order chi connectivity index (χ0) is 26.5. The first-order chi connectivity index (χ1) is 17.5. The number of nitrogens with zero attached hydrogens (tertiary/aromatic N) is 8. The van der Waals surface area contributed by atoms with Gasteiger partial charge in [0.25, 0.3) is 12.0 Å². The molecule has 2 saturated heterocycles. The number of alkyl halides is 5. The van der Waals surface area contributed by atoms with Crippen molar-refractivity contribution in [1.29, 1.82) is 0 Å². The van der Waals surface area contributed by atoms with Gasteiger partial charge in [0.05, 0.1) is 6.20 Å². The number of carbonyl (C=O) groups is 1. The second-order valence-corrected chi connectivity index (χ2v) is 9.56. The van der Waals surface area contributed by atoms with Crippen molar-refractivity contribution in [1.82, 2.24) is 34.2 Å². The summed E-state index contributed by atoms with van der Waals surface area (Å²) in [5, 5.41) is 4.04. The lowest BCUT2D eigenvalue weighted by atomic mass is 9.77. The highest BCUT2D eigenvalue weighted by molar-refractivity contribution is 5.79. The molecule has 15 heteroatoms. The van der Waals surface area contributed by atoms with Crippen molar-refractivity contribution in [3.05, 3.63) is 40.3 Å². The van der Waals surface area contributed by atoms with E-state index in [1.54, 1.807) is 11.9 Å². The van der Waals surface area contributed by atoms with Crippen LogP contribution in [0.25, 0.3) is 11.0 Å². The summed E-state index contributed by atoms with van der Waals surface area (Å²) in [6.45, 7) is 0.850. The molecule has 10 nitrogen and oxygen atoms in total. The molecule has 5 heterocycles. The summed E-state index contributed by atoms with van der Waals surface area (Å²) in [7, 11) is 1.56. The minimum atomic E-state index is -4.63. The zero-order valence-corrected chi connectivity index (χ0v) is 19.8. The number of hydrogen-bond acceptors (Lipinski definition) is 7. The predicted molar refractivity (Wildman–Crippen MR) is 120 cm³/mol. The summed E-state index contributed by atoms with van der Waals surface area (Å²) < 4.78 is 66.4. The largest absolute Gasteiger partial charge is 0.451 e. The third-order valence-electron chi connectivity index (χ3n) is 7.01.